The van der Waals surface area contributed by atoms with Gasteiger partial charge in [-0.15, -0.1) is 0 Å². The Balaban J connectivity index is 1.95. The van der Waals surface area contributed by atoms with Gasteiger partial charge in [-0.2, -0.15) is 8.78 Å². The Morgan fingerprint density at radius 2 is 2.17 bits per heavy atom. The molecule has 1 N–H and O–H groups in total. The molecular formula is C11H9ClF3NO2. The Bertz CT molecular complexity index is 461. The summed E-state index contributed by atoms with van der Waals surface area (Å²) < 4.78 is 43.2. The van der Waals surface area contributed by atoms with Crippen LogP contribution in [0, 0.1) is 5.82 Å². The van der Waals surface area contributed by atoms with E-state index in [1.165, 1.54) is 12.1 Å². The lowest BCUT2D eigenvalue weighted by molar-refractivity contribution is -0.158. The van der Waals surface area contributed by atoms with Gasteiger partial charge in [0.25, 0.3) is 0 Å². The number of ether oxygens (including phenoxy) is 1. The molecule has 0 saturated carbocycles. The van der Waals surface area contributed by atoms with Crippen molar-refractivity contribution in [1.82, 2.24) is 0 Å². The van der Waals surface area contributed by atoms with E-state index in [-0.39, 0.29) is 11.6 Å². The van der Waals surface area contributed by atoms with Gasteiger partial charge in [-0.3, -0.25) is 0 Å². The molecule has 1 atom stereocenters. The molecule has 1 aromatic rings. The molecular weight excluding hydrogens is 271 g/mol. The number of hydrogen-bond acceptors (Lipinski definition) is 3. The zero-order chi connectivity index (χ0) is 13.3. The van der Waals surface area contributed by atoms with Crippen LogP contribution in [0.2, 0.25) is 5.02 Å². The van der Waals surface area contributed by atoms with Crippen molar-refractivity contribution < 1.29 is 22.7 Å². The van der Waals surface area contributed by atoms with Crippen LogP contribution in [0.1, 0.15) is 6.42 Å². The average molecular weight is 280 g/mol. The highest BCUT2D eigenvalue weighted by atomic mass is 35.5. The van der Waals surface area contributed by atoms with Gasteiger partial charge < -0.3 is 10.1 Å². The fourth-order valence-electron chi connectivity index (χ4n) is 1.65. The molecule has 1 fully saturated rings. The van der Waals surface area contributed by atoms with Crippen LogP contribution in [0.3, 0.4) is 0 Å². The Morgan fingerprint density at radius 3 is 2.72 bits per heavy atom. The van der Waals surface area contributed by atoms with Crippen LogP contribution < -0.4 is 5.32 Å². The molecule has 3 nitrogen and oxygen atoms in total. The summed E-state index contributed by atoms with van der Waals surface area (Å²) in [4.78, 5) is 10.7. The average Bonchev–Trinajstić information content (AvgIpc) is 2.49. The van der Waals surface area contributed by atoms with Gasteiger partial charge >= 0.3 is 11.9 Å². The monoisotopic (exact) mass is 279 g/mol. The minimum absolute atomic E-state index is 0.0267. The number of benzene rings is 1. The van der Waals surface area contributed by atoms with E-state index in [2.05, 4.69) is 10.1 Å². The van der Waals surface area contributed by atoms with Crippen molar-refractivity contribution in [2.24, 2.45) is 0 Å². The maximum absolute atomic E-state index is 13.0. The second-order valence-electron chi connectivity index (χ2n) is 3.97. The third-order valence-corrected chi connectivity index (χ3v) is 2.67. The topological polar surface area (TPSA) is 38.3 Å². The minimum Gasteiger partial charge on any atom is -0.456 e. The Hall–Kier alpha value is -1.43. The Kier molecular flexibility index (Phi) is 3.38. The Morgan fingerprint density at radius 1 is 1.44 bits per heavy atom. The summed E-state index contributed by atoms with van der Waals surface area (Å²) in [6.45, 7) is -0.0267. The smallest absolute Gasteiger partial charge is 0.377 e. The fourth-order valence-corrected chi connectivity index (χ4v) is 1.87. The van der Waals surface area contributed by atoms with Gasteiger partial charge in [-0.1, -0.05) is 11.6 Å². The number of carbonyl (C=O) groups excluding carboxylic acids is 1. The molecule has 0 bridgehead atoms. The second-order valence-corrected chi connectivity index (χ2v) is 4.41. The third-order valence-electron chi connectivity index (χ3n) is 2.45. The first-order valence-corrected chi connectivity index (χ1v) is 5.53. The van der Waals surface area contributed by atoms with E-state index < -0.39 is 30.2 Å². The maximum atomic E-state index is 13.0. The van der Waals surface area contributed by atoms with Crippen LogP contribution in [0.5, 0.6) is 0 Å². The highest BCUT2D eigenvalue weighted by molar-refractivity contribution is 6.30. The maximum Gasteiger partial charge on any atom is 0.377 e. The number of rotatable bonds is 3. The lowest BCUT2D eigenvalue weighted by atomic mass is 10.2. The summed E-state index contributed by atoms with van der Waals surface area (Å²) in [6.07, 6.45) is -1.61. The lowest BCUT2D eigenvalue weighted by Gasteiger charge is -2.11. The molecule has 18 heavy (non-hydrogen) atoms. The summed E-state index contributed by atoms with van der Waals surface area (Å²) >= 11 is 5.63. The first-order valence-electron chi connectivity index (χ1n) is 5.16. The van der Waals surface area contributed by atoms with Gasteiger partial charge in [0, 0.05) is 10.7 Å². The van der Waals surface area contributed by atoms with Crippen LogP contribution in [-0.2, 0) is 9.53 Å². The molecule has 1 saturated heterocycles. The van der Waals surface area contributed by atoms with E-state index in [4.69, 9.17) is 11.6 Å². The summed E-state index contributed by atoms with van der Waals surface area (Å²) in [7, 11) is 0. The third kappa shape index (κ3) is 2.87. The lowest BCUT2D eigenvalue weighted by Crippen LogP contribution is -2.22. The van der Waals surface area contributed by atoms with Gasteiger partial charge in [0.15, 0.2) is 0 Å². The van der Waals surface area contributed by atoms with Crippen LogP contribution in [0.25, 0.3) is 0 Å². The number of anilines is 1. The molecule has 1 aliphatic heterocycles. The molecule has 2 rings (SSSR count). The van der Waals surface area contributed by atoms with E-state index in [9.17, 15) is 18.0 Å². The van der Waals surface area contributed by atoms with Crippen molar-refractivity contribution in [3.8, 4) is 0 Å². The van der Waals surface area contributed by atoms with Gasteiger partial charge in [0.2, 0.25) is 0 Å². The summed E-state index contributed by atoms with van der Waals surface area (Å²) in [5.74, 6) is -5.50. The molecule has 0 aliphatic carbocycles. The van der Waals surface area contributed by atoms with Crippen molar-refractivity contribution >= 4 is 23.3 Å². The molecule has 0 spiro atoms. The van der Waals surface area contributed by atoms with Crippen LogP contribution in [0.4, 0.5) is 18.9 Å². The van der Waals surface area contributed by atoms with E-state index in [0.717, 1.165) is 6.07 Å². The SMILES string of the molecule is O=C1OC(CNc2cc(F)cc(Cl)c2)CC1(F)F. The fraction of sp³-hybridized carbons (Fsp3) is 0.364. The predicted octanol–water partition coefficient (Wildman–Crippen LogP) is 2.84. The van der Waals surface area contributed by atoms with Crippen molar-refractivity contribution in [2.45, 2.75) is 18.4 Å². The molecule has 0 amide bonds. The molecule has 7 heteroatoms. The van der Waals surface area contributed by atoms with Gasteiger partial charge in [0.05, 0.1) is 13.0 Å². The zero-order valence-corrected chi connectivity index (χ0v) is 9.81. The molecule has 0 radical (unpaired) electrons. The second kappa shape index (κ2) is 4.68. The van der Waals surface area contributed by atoms with Crippen LogP contribution in [-0.4, -0.2) is 24.5 Å². The quantitative estimate of drug-likeness (QED) is 0.865. The van der Waals surface area contributed by atoms with Crippen molar-refractivity contribution in [3.05, 3.63) is 29.0 Å². The highest BCUT2D eigenvalue weighted by Gasteiger charge is 2.50. The summed E-state index contributed by atoms with van der Waals surface area (Å²) in [5, 5.41) is 2.88. The van der Waals surface area contributed by atoms with E-state index in [1.807, 2.05) is 0 Å². The van der Waals surface area contributed by atoms with Gasteiger partial charge in [0.1, 0.15) is 11.9 Å². The number of halogens is 4. The van der Waals surface area contributed by atoms with Crippen molar-refractivity contribution in [3.63, 3.8) is 0 Å². The normalized spacial score (nSPS) is 21.8. The molecule has 1 unspecified atom stereocenters. The summed E-state index contributed by atoms with van der Waals surface area (Å²) in [6, 6.07) is 3.73. The molecule has 98 valence electrons. The van der Waals surface area contributed by atoms with Crippen molar-refractivity contribution in [2.75, 3.05) is 11.9 Å². The number of carbonyl (C=O) groups is 1. The van der Waals surface area contributed by atoms with Gasteiger partial charge in [-0.25, -0.2) is 9.18 Å². The van der Waals surface area contributed by atoms with Crippen LogP contribution >= 0.6 is 11.6 Å². The van der Waals surface area contributed by atoms with Crippen LogP contribution in [0.15, 0.2) is 18.2 Å². The largest absolute Gasteiger partial charge is 0.456 e. The zero-order valence-electron chi connectivity index (χ0n) is 9.05. The van der Waals surface area contributed by atoms with E-state index in [0.29, 0.717) is 5.69 Å². The number of esters is 1. The Labute approximate surface area is 106 Å². The predicted molar refractivity (Wildman–Crippen MR) is 59.3 cm³/mol. The number of cyclic esters (lactones) is 1. The summed E-state index contributed by atoms with van der Waals surface area (Å²) in [5.41, 5.74) is 0.339. The first-order chi connectivity index (χ1) is 8.37. The van der Waals surface area contributed by atoms with Crippen molar-refractivity contribution in [1.29, 1.82) is 0 Å². The number of hydrogen-bond donors (Lipinski definition) is 1. The number of alkyl halides is 2. The molecule has 1 aliphatic rings. The molecule has 0 aromatic heterocycles. The molecule has 1 heterocycles. The minimum atomic E-state index is -3.44. The highest BCUT2D eigenvalue weighted by Crippen LogP contribution is 2.31. The first kappa shape index (κ1) is 13.0. The van der Waals surface area contributed by atoms with E-state index in [1.54, 1.807) is 0 Å². The number of nitrogens with one attached hydrogen (secondary N) is 1. The van der Waals surface area contributed by atoms with Gasteiger partial charge in [-0.05, 0) is 18.2 Å². The standard InChI is InChI=1S/C11H9ClF3NO2/c12-6-1-7(13)3-8(2-6)16-5-9-4-11(14,15)10(17)18-9/h1-3,9,16H,4-5H2. The van der Waals surface area contributed by atoms with E-state index >= 15 is 0 Å². The molecule has 1 aromatic carbocycles.